The highest BCUT2D eigenvalue weighted by Crippen LogP contribution is 2.14. The van der Waals surface area contributed by atoms with Crippen LogP contribution in [0.1, 0.15) is 12.5 Å². The zero-order valence-corrected chi connectivity index (χ0v) is 13.6. The molecule has 0 bridgehead atoms. The molecule has 2 aromatic rings. The summed E-state index contributed by atoms with van der Waals surface area (Å²) in [4.78, 5) is 12.1. The number of nitrogens with one attached hydrogen (secondary N) is 2. The van der Waals surface area contributed by atoms with Crippen molar-refractivity contribution in [2.75, 3.05) is 10.6 Å². The molecule has 0 unspecified atom stereocenters. The number of halogens is 1. The molecule has 0 saturated heterocycles. The first kappa shape index (κ1) is 15.3. The highest BCUT2D eigenvalue weighted by Gasteiger charge is 2.12. The summed E-state index contributed by atoms with van der Waals surface area (Å²) in [5.41, 5.74) is 2.15. The van der Waals surface area contributed by atoms with Crippen molar-refractivity contribution in [3.8, 4) is 6.07 Å². The fourth-order valence-electron chi connectivity index (χ4n) is 1.77. The summed E-state index contributed by atoms with van der Waals surface area (Å²) in [5.74, 6) is -0.126. The Labute approximate surface area is 137 Å². The Hall–Kier alpha value is -2.07. The van der Waals surface area contributed by atoms with E-state index in [1.54, 1.807) is 31.2 Å². The maximum atomic E-state index is 12.1. The first-order valence-electron chi connectivity index (χ1n) is 6.41. The third-order valence-corrected chi connectivity index (χ3v) is 3.55. The topological polar surface area (TPSA) is 64.9 Å². The minimum atomic E-state index is -0.362. The van der Waals surface area contributed by atoms with Gasteiger partial charge in [0.1, 0.15) is 6.04 Å². The first-order chi connectivity index (χ1) is 10.1. The van der Waals surface area contributed by atoms with E-state index in [1.165, 1.54) is 0 Å². The summed E-state index contributed by atoms with van der Waals surface area (Å²) in [6, 6.07) is 16.3. The summed E-state index contributed by atoms with van der Waals surface area (Å²) in [7, 11) is 0. The van der Waals surface area contributed by atoms with Gasteiger partial charge in [-0.25, -0.2) is 0 Å². The lowest BCUT2D eigenvalue weighted by molar-refractivity contribution is -0.116. The van der Waals surface area contributed by atoms with Crippen LogP contribution >= 0.6 is 22.6 Å². The Bertz CT molecular complexity index is 677. The summed E-state index contributed by atoms with van der Waals surface area (Å²) in [5, 5.41) is 14.7. The van der Waals surface area contributed by atoms with Crippen LogP contribution in [0.3, 0.4) is 0 Å². The largest absolute Gasteiger partial charge is 0.374 e. The molecule has 21 heavy (non-hydrogen) atoms. The SMILES string of the molecule is C[C@H](Nc1cccc(I)c1)C(=O)Nc1ccc(C#N)cc1. The minimum Gasteiger partial charge on any atom is -0.374 e. The second kappa shape index (κ2) is 7.09. The van der Waals surface area contributed by atoms with Crippen LogP contribution in [0.15, 0.2) is 48.5 Å². The second-order valence-electron chi connectivity index (χ2n) is 4.55. The molecule has 1 atom stereocenters. The molecule has 0 saturated carbocycles. The molecule has 0 aliphatic rings. The number of rotatable bonds is 4. The Morgan fingerprint density at radius 3 is 2.52 bits per heavy atom. The van der Waals surface area contributed by atoms with Crippen LogP contribution in [-0.2, 0) is 4.79 Å². The number of carbonyl (C=O) groups is 1. The third-order valence-electron chi connectivity index (χ3n) is 2.88. The van der Waals surface area contributed by atoms with Gasteiger partial charge in [-0.15, -0.1) is 0 Å². The average Bonchev–Trinajstić information content (AvgIpc) is 2.48. The maximum absolute atomic E-state index is 12.1. The van der Waals surface area contributed by atoms with Gasteiger partial charge in [0.15, 0.2) is 0 Å². The van der Waals surface area contributed by atoms with E-state index in [2.05, 4.69) is 33.2 Å². The molecule has 0 aliphatic carbocycles. The molecule has 0 fully saturated rings. The quantitative estimate of drug-likeness (QED) is 0.783. The number of carbonyl (C=O) groups excluding carboxylic acids is 1. The van der Waals surface area contributed by atoms with E-state index in [1.807, 2.05) is 30.3 Å². The number of hydrogen-bond acceptors (Lipinski definition) is 3. The van der Waals surface area contributed by atoms with Crippen LogP contribution in [-0.4, -0.2) is 11.9 Å². The first-order valence-corrected chi connectivity index (χ1v) is 7.49. The van der Waals surface area contributed by atoms with E-state index in [9.17, 15) is 4.79 Å². The highest BCUT2D eigenvalue weighted by molar-refractivity contribution is 14.1. The third kappa shape index (κ3) is 4.46. The molecule has 2 rings (SSSR count). The molecule has 0 heterocycles. The highest BCUT2D eigenvalue weighted by atomic mass is 127. The van der Waals surface area contributed by atoms with Crippen LogP contribution in [0.5, 0.6) is 0 Å². The van der Waals surface area contributed by atoms with Crippen molar-refractivity contribution < 1.29 is 4.79 Å². The van der Waals surface area contributed by atoms with Crippen LogP contribution in [0.2, 0.25) is 0 Å². The van der Waals surface area contributed by atoms with E-state index in [0.29, 0.717) is 11.3 Å². The average molecular weight is 391 g/mol. The van der Waals surface area contributed by atoms with Gasteiger partial charge in [0.2, 0.25) is 5.91 Å². The lowest BCUT2D eigenvalue weighted by Gasteiger charge is -2.15. The zero-order valence-electron chi connectivity index (χ0n) is 11.4. The van der Waals surface area contributed by atoms with Crippen LogP contribution < -0.4 is 10.6 Å². The summed E-state index contributed by atoms with van der Waals surface area (Å²) < 4.78 is 1.11. The van der Waals surface area contributed by atoms with E-state index < -0.39 is 0 Å². The Morgan fingerprint density at radius 2 is 1.90 bits per heavy atom. The standard InChI is InChI=1S/C16H14IN3O/c1-11(19-15-4-2-3-13(17)9-15)16(21)20-14-7-5-12(10-18)6-8-14/h2-9,11,19H,1H3,(H,20,21)/t11-/m0/s1. The lowest BCUT2D eigenvalue weighted by Crippen LogP contribution is -2.31. The van der Waals surface area contributed by atoms with Crippen molar-refractivity contribution in [3.63, 3.8) is 0 Å². The summed E-state index contributed by atoms with van der Waals surface area (Å²) in [6.07, 6.45) is 0. The van der Waals surface area contributed by atoms with Gasteiger partial charge in [-0.3, -0.25) is 4.79 Å². The number of amides is 1. The summed E-state index contributed by atoms with van der Waals surface area (Å²) >= 11 is 2.23. The van der Waals surface area contributed by atoms with Gasteiger partial charge < -0.3 is 10.6 Å². The van der Waals surface area contributed by atoms with Crippen molar-refractivity contribution in [2.24, 2.45) is 0 Å². The molecule has 0 aliphatic heterocycles. The zero-order chi connectivity index (χ0) is 15.2. The molecule has 0 spiro atoms. The van der Waals surface area contributed by atoms with Gasteiger partial charge >= 0.3 is 0 Å². The van der Waals surface area contributed by atoms with Gasteiger partial charge in [0.05, 0.1) is 11.6 Å². The predicted octanol–water partition coefficient (Wildman–Crippen LogP) is 3.60. The molecule has 0 radical (unpaired) electrons. The molecular formula is C16H14IN3O. The van der Waals surface area contributed by atoms with Gasteiger partial charge in [0.25, 0.3) is 0 Å². The molecule has 0 aromatic heterocycles. The number of benzene rings is 2. The maximum Gasteiger partial charge on any atom is 0.246 e. The van der Waals surface area contributed by atoms with Crippen molar-refractivity contribution in [3.05, 3.63) is 57.7 Å². The monoisotopic (exact) mass is 391 g/mol. The van der Waals surface area contributed by atoms with Crippen molar-refractivity contribution in [1.29, 1.82) is 5.26 Å². The van der Waals surface area contributed by atoms with E-state index in [0.717, 1.165) is 9.26 Å². The predicted molar refractivity (Wildman–Crippen MR) is 92.0 cm³/mol. The molecule has 4 nitrogen and oxygen atoms in total. The molecule has 1 amide bonds. The Morgan fingerprint density at radius 1 is 1.19 bits per heavy atom. The number of nitriles is 1. The second-order valence-corrected chi connectivity index (χ2v) is 5.80. The fourth-order valence-corrected chi connectivity index (χ4v) is 2.32. The van der Waals surface area contributed by atoms with Gasteiger partial charge in [0, 0.05) is 14.9 Å². The van der Waals surface area contributed by atoms with Crippen molar-refractivity contribution in [1.82, 2.24) is 0 Å². The Kier molecular flexibility index (Phi) is 5.17. The molecule has 5 heteroatoms. The van der Waals surface area contributed by atoms with E-state index in [4.69, 9.17) is 5.26 Å². The molecule has 2 aromatic carbocycles. The summed E-state index contributed by atoms with van der Waals surface area (Å²) in [6.45, 7) is 1.80. The number of anilines is 2. The van der Waals surface area contributed by atoms with Crippen LogP contribution in [0.4, 0.5) is 11.4 Å². The minimum absolute atomic E-state index is 0.126. The van der Waals surface area contributed by atoms with Gasteiger partial charge in [-0.05, 0) is 72.0 Å². The smallest absolute Gasteiger partial charge is 0.246 e. The van der Waals surface area contributed by atoms with Gasteiger partial charge in [-0.2, -0.15) is 5.26 Å². The van der Waals surface area contributed by atoms with E-state index in [-0.39, 0.29) is 11.9 Å². The number of hydrogen-bond donors (Lipinski definition) is 2. The van der Waals surface area contributed by atoms with Gasteiger partial charge in [-0.1, -0.05) is 6.07 Å². The fraction of sp³-hybridized carbons (Fsp3) is 0.125. The normalized spacial score (nSPS) is 11.3. The lowest BCUT2D eigenvalue weighted by atomic mass is 10.2. The molecule has 106 valence electrons. The van der Waals surface area contributed by atoms with Crippen LogP contribution in [0.25, 0.3) is 0 Å². The molecule has 2 N–H and O–H groups in total. The van der Waals surface area contributed by atoms with Crippen molar-refractivity contribution in [2.45, 2.75) is 13.0 Å². The molecular weight excluding hydrogens is 377 g/mol. The van der Waals surface area contributed by atoms with Crippen LogP contribution in [0, 0.1) is 14.9 Å². The Balaban J connectivity index is 1.97. The van der Waals surface area contributed by atoms with Crippen molar-refractivity contribution >= 4 is 39.9 Å². The van der Waals surface area contributed by atoms with E-state index >= 15 is 0 Å². The number of nitrogens with zero attached hydrogens (tertiary/aromatic N) is 1.